The molecule has 0 heterocycles. The molecule has 0 spiro atoms. The average Bonchev–Trinajstić information content (AvgIpc) is 2.44. The van der Waals surface area contributed by atoms with Crippen LogP contribution in [0.5, 0.6) is 0 Å². The average molecular weight is 336 g/mol. The first kappa shape index (κ1) is 14.9. The van der Waals surface area contributed by atoms with E-state index in [0.717, 1.165) is 17.5 Å². The molecular formula is C16H15BrFNO. The van der Waals surface area contributed by atoms with Crippen molar-refractivity contribution in [2.24, 2.45) is 5.73 Å². The summed E-state index contributed by atoms with van der Waals surface area (Å²) in [4.78, 5) is 12.1. The van der Waals surface area contributed by atoms with Gasteiger partial charge in [-0.1, -0.05) is 30.3 Å². The van der Waals surface area contributed by atoms with Gasteiger partial charge in [-0.05, 0) is 52.2 Å². The normalized spacial score (nSPS) is 10.6. The van der Waals surface area contributed by atoms with E-state index in [2.05, 4.69) is 15.9 Å². The van der Waals surface area contributed by atoms with Crippen LogP contribution in [-0.4, -0.2) is 12.3 Å². The van der Waals surface area contributed by atoms with E-state index in [1.165, 1.54) is 6.07 Å². The van der Waals surface area contributed by atoms with Gasteiger partial charge >= 0.3 is 0 Å². The molecule has 0 amide bonds. The predicted molar refractivity (Wildman–Crippen MR) is 81.3 cm³/mol. The van der Waals surface area contributed by atoms with Crippen molar-refractivity contribution in [2.45, 2.75) is 12.8 Å². The molecule has 4 heteroatoms. The fourth-order valence-corrected chi connectivity index (χ4v) is 2.39. The summed E-state index contributed by atoms with van der Waals surface area (Å²) in [5.74, 6) is -0.310. The van der Waals surface area contributed by atoms with Crippen LogP contribution < -0.4 is 5.73 Å². The van der Waals surface area contributed by atoms with Crippen molar-refractivity contribution in [1.29, 1.82) is 0 Å². The van der Waals surface area contributed by atoms with Gasteiger partial charge < -0.3 is 5.73 Å². The zero-order valence-corrected chi connectivity index (χ0v) is 12.5. The van der Waals surface area contributed by atoms with Crippen LogP contribution in [-0.2, 0) is 12.8 Å². The molecule has 0 radical (unpaired) electrons. The second kappa shape index (κ2) is 6.77. The molecule has 20 heavy (non-hydrogen) atoms. The summed E-state index contributed by atoms with van der Waals surface area (Å²) >= 11 is 3.12. The quantitative estimate of drug-likeness (QED) is 0.849. The van der Waals surface area contributed by atoms with Gasteiger partial charge in [0.25, 0.3) is 0 Å². The molecule has 2 aromatic rings. The third-order valence-corrected chi connectivity index (χ3v) is 3.67. The van der Waals surface area contributed by atoms with Crippen LogP contribution in [0.3, 0.4) is 0 Å². The highest BCUT2D eigenvalue weighted by Gasteiger charge is 2.08. The number of ketones is 1. The van der Waals surface area contributed by atoms with Crippen molar-refractivity contribution in [1.82, 2.24) is 0 Å². The van der Waals surface area contributed by atoms with Crippen molar-refractivity contribution >= 4 is 21.7 Å². The van der Waals surface area contributed by atoms with Gasteiger partial charge in [0, 0.05) is 12.0 Å². The van der Waals surface area contributed by atoms with Crippen LogP contribution in [0.1, 0.15) is 21.5 Å². The third-order valence-electron chi connectivity index (χ3n) is 3.06. The summed E-state index contributed by atoms with van der Waals surface area (Å²) in [7, 11) is 0. The largest absolute Gasteiger partial charge is 0.330 e. The van der Waals surface area contributed by atoms with Gasteiger partial charge in [-0.25, -0.2) is 4.39 Å². The number of hydrogen-bond acceptors (Lipinski definition) is 2. The fourth-order valence-electron chi connectivity index (χ4n) is 1.96. The fraction of sp³-hybridized carbons (Fsp3) is 0.188. The molecule has 2 nitrogen and oxygen atoms in total. The van der Waals surface area contributed by atoms with E-state index in [-0.39, 0.29) is 18.0 Å². The SMILES string of the molecule is NCCc1ccc(C(=O)Cc2ccc(F)c(Br)c2)cc1. The van der Waals surface area contributed by atoms with Crippen LogP contribution in [0.25, 0.3) is 0 Å². The van der Waals surface area contributed by atoms with Crippen LogP contribution in [0, 0.1) is 5.82 Å². The first-order valence-electron chi connectivity index (χ1n) is 6.36. The summed E-state index contributed by atoms with van der Waals surface area (Å²) in [5, 5.41) is 0. The number of carbonyl (C=O) groups excluding carboxylic acids is 1. The maximum absolute atomic E-state index is 13.1. The van der Waals surface area contributed by atoms with E-state index in [0.29, 0.717) is 16.6 Å². The molecule has 0 atom stereocenters. The third kappa shape index (κ3) is 3.74. The Morgan fingerprint density at radius 1 is 1.10 bits per heavy atom. The van der Waals surface area contributed by atoms with Gasteiger partial charge in [0.05, 0.1) is 4.47 Å². The molecule has 2 rings (SSSR count). The second-order valence-electron chi connectivity index (χ2n) is 4.58. The lowest BCUT2D eigenvalue weighted by Crippen LogP contribution is -2.05. The van der Waals surface area contributed by atoms with E-state index in [4.69, 9.17) is 5.73 Å². The molecular weight excluding hydrogens is 321 g/mol. The molecule has 0 fully saturated rings. The Bertz CT molecular complexity index is 610. The number of rotatable bonds is 5. The highest BCUT2D eigenvalue weighted by molar-refractivity contribution is 9.10. The first-order valence-corrected chi connectivity index (χ1v) is 7.15. The minimum atomic E-state index is -0.327. The molecule has 0 bridgehead atoms. The van der Waals surface area contributed by atoms with Crippen molar-refractivity contribution in [3.05, 3.63) is 69.4 Å². The Hall–Kier alpha value is -1.52. The highest BCUT2D eigenvalue weighted by Crippen LogP contribution is 2.18. The Labute approximate surface area is 125 Å². The second-order valence-corrected chi connectivity index (χ2v) is 5.44. The van der Waals surface area contributed by atoms with E-state index in [1.54, 1.807) is 12.1 Å². The predicted octanol–water partition coefficient (Wildman–Crippen LogP) is 3.51. The number of benzene rings is 2. The monoisotopic (exact) mass is 335 g/mol. The lowest BCUT2D eigenvalue weighted by Gasteiger charge is -2.04. The van der Waals surface area contributed by atoms with Crippen LogP contribution in [0.4, 0.5) is 4.39 Å². The lowest BCUT2D eigenvalue weighted by atomic mass is 10.0. The molecule has 0 aliphatic carbocycles. The van der Waals surface area contributed by atoms with E-state index in [9.17, 15) is 9.18 Å². The number of carbonyl (C=O) groups is 1. The highest BCUT2D eigenvalue weighted by atomic mass is 79.9. The number of halogens is 2. The smallest absolute Gasteiger partial charge is 0.167 e. The van der Waals surface area contributed by atoms with Crippen LogP contribution in [0.15, 0.2) is 46.9 Å². The Morgan fingerprint density at radius 2 is 1.75 bits per heavy atom. The minimum absolute atomic E-state index is 0.0165. The molecule has 0 saturated carbocycles. The molecule has 0 aliphatic rings. The van der Waals surface area contributed by atoms with Gasteiger partial charge in [0.1, 0.15) is 5.82 Å². The number of nitrogens with two attached hydrogens (primary N) is 1. The minimum Gasteiger partial charge on any atom is -0.330 e. The van der Waals surface area contributed by atoms with E-state index >= 15 is 0 Å². The standard InChI is InChI=1S/C16H15BrFNO/c17-14-9-12(3-6-15(14)18)10-16(20)13-4-1-11(2-5-13)7-8-19/h1-6,9H,7-8,10,19H2. The summed E-state index contributed by atoms with van der Waals surface area (Å²) in [5.41, 5.74) is 8.05. The van der Waals surface area contributed by atoms with E-state index < -0.39 is 0 Å². The van der Waals surface area contributed by atoms with Gasteiger partial charge in [-0.3, -0.25) is 4.79 Å². The topological polar surface area (TPSA) is 43.1 Å². The molecule has 2 N–H and O–H groups in total. The summed E-state index contributed by atoms with van der Waals surface area (Å²) in [6, 6.07) is 12.1. The van der Waals surface area contributed by atoms with Crippen molar-refractivity contribution in [3.8, 4) is 0 Å². The van der Waals surface area contributed by atoms with Crippen molar-refractivity contribution in [2.75, 3.05) is 6.54 Å². The zero-order valence-electron chi connectivity index (χ0n) is 10.9. The van der Waals surface area contributed by atoms with Gasteiger partial charge in [0.2, 0.25) is 0 Å². The molecule has 0 unspecified atom stereocenters. The maximum atomic E-state index is 13.1. The summed E-state index contributed by atoms with van der Waals surface area (Å²) < 4.78 is 13.5. The maximum Gasteiger partial charge on any atom is 0.167 e. The molecule has 104 valence electrons. The first-order chi connectivity index (χ1) is 9.60. The Balaban J connectivity index is 2.09. The summed E-state index contributed by atoms with van der Waals surface area (Å²) in [6.07, 6.45) is 1.06. The van der Waals surface area contributed by atoms with E-state index in [1.807, 2.05) is 24.3 Å². The van der Waals surface area contributed by atoms with Crippen molar-refractivity contribution < 1.29 is 9.18 Å². The van der Waals surface area contributed by atoms with Gasteiger partial charge in [-0.15, -0.1) is 0 Å². The van der Waals surface area contributed by atoms with Crippen LogP contribution >= 0.6 is 15.9 Å². The summed E-state index contributed by atoms with van der Waals surface area (Å²) in [6.45, 7) is 0.594. The molecule has 2 aromatic carbocycles. The molecule has 0 aliphatic heterocycles. The molecule has 0 aromatic heterocycles. The number of Topliss-reactive ketones (excluding diaryl/α,β-unsaturated/α-hetero) is 1. The number of hydrogen-bond donors (Lipinski definition) is 1. The van der Waals surface area contributed by atoms with Gasteiger partial charge in [0.15, 0.2) is 5.78 Å². The Morgan fingerprint density at radius 3 is 2.35 bits per heavy atom. The zero-order chi connectivity index (χ0) is 14.5. The van der Waals surface area contributed by atoms with Gasteiger partial charge in [-0.2, -0.15) is 0 Å². The Kier molecular flexibility index (Phi) is 5.04. The molecule has 0 saturated heterocycles. The van der Waals surface area contributed by atoms with Crippen molar-refractivity contribution in [3.63, 3.8) is 0 Å². The lowest BCUT2D eigenvalue weighted by molar-refractivity contribution is 0.0993. The van der Waals surface area contributed by atoms with Crippen LogP contribution in [0.2, 0.25) is 0 Å².